The molecule has 1 aromatic heterocycles. The lowest BCUT2D eigenvalue weighted by molar-refractivity contribution is -0.828. The van der Waals surface area contributed by atoms with Gasteiger partial charge in [-0.1, -0.05) is 36.4 Å². The van der Waals surface area contributed by atoms with Crippen molar-refractivity contribution in [3.05, 3.63) is 76.7 Å². The summed E-state index contributed by atoms with van der Waals surface area (Å²) in [7, 11) is -3.87. The van der Waals surface area contributed by atoms with Crippen LogP contribution in [0.5, 0.6) is 0 Å². The summed E-state index contributed by atoms with van der Waals surface area (Å²) in [5, 5.41) is 0.771. The maximum absolute atomic E-state index is 13.6. The van der Waals surface area contributed by atoms with Crippen molar-refractivity contribution < 1.29 is 12.4 Å². The lowest BCUT2D eigenvalue weighted by Crippen LogP contribution is -2.62. The molecule has 2 unspecified atom stereocenters. The van der Waals surface area contributed by atoms with Crippen LogP contribution in [0.25, 0.3) is 10.8 Å². The van der Waals surface area contributed by atoms with E-state index in [1.807, 2.05) is 18.2 Å². The largest absolute Gasteiger partial charge is 0.345 e. The fraction of sp³-hybridized carbons (Fsp3) is 0.286. The molecule has 28 heavy (non-hydrogen) atoms. The number of hydrogen-bond acceptors (Lipinski definition) is 4. The van der Waals surface area contributed by atoms with Crippen LogP contribution in [0, 0.1) is 5.92 Å². The fourth-order valence-electron chi connectivity index (χ4n) is 4.21. The number of rotatable bonds is 4. The highest BCUT2D eigenvalue weighted by Crippen LogP contribution is 2.32. The van der Waals surface area contributed by atoms with Crippen LogP contribution in [0.1, 0.15) is 18.4 Å². The third-order valence-corrected chi connectivity index (χ3v) is 7.82. The SMILES string of the molecule is N[N+]1(S(=O)(=O)c2cccc3c(=O)[nH]ccc23)CCCC(Cc2ccccc2)C1. The van der Waals surface area contributed by atoms with Crippen molar-refractivity contribution in [1.29, 1.82) is 0 Å². The zero-order valence-corrected chi connectivity index (χ0v) is 16.4. The van der Waals surface area contributed by atoms with Crippen LogP contribution in [0.4, 0.5) is 0 Å². The number of H-pyrrole nitrogens is 1. The van der Waals surface area contributed by atoms with E-state index in [0.717, 1.165) is 19.3 Å². The second-order valence-electron chi connectivity index (χ2n) is 7.56. The maximum atomic E-state index is 13.6. The van der Waals surface area contributed by atoms with Crippen molar-refractivity contribution in [3.63, 3.8) is 0 Å². The van der Waals surface area contributed by atoms with E-state index in [2.05, 4.69) is 17.1 Å². The van der Waals surface area contributed by atoms with Crippen LogP contribution in [0.15, 0.2) is 70.5 Å². The Labute approximate surface area is 164 Å². The second-order valence-corrected chi connectivity index (χ2v) is 9.67. The van der Waals surface area contributed by atoms with Crippen molar-refractivity contribution in [2.45, 2.75) is 24.2 Å². The summed E-state index contributed by atoms with van der Waals surface area (Å²) in [5.74, 6) is 6.69. The zero-order valence-electron chi connectivity index (χ0n) is 15.5. The van der Waals surface area contributed by atoms with E-state index in [-0.39, 0.29) is 16.4 Å². The Balaban J connectivity index is 1.71. The third-order valence-electron chi connectivity index (χ3n) is 5.62. The summed E-state index contributed by atoms with van der Waals surface area (Å²) in [5.41, 5.74) is 0.883. The molecule has 0 amide bonds. The second kappa shape index (κ2) is 7.16. The Morgan fingerprint density at radius 1 is 1.04 bits per heavy atom. The first-order chi connectivity index (χ1) is 13.4. The number of benzene rings is 2. The number of hydrogen-bond donors (Lipinski definition) is 2. The summed E-state index contributed by atoms with van der Waals surface area (Å²) in [4.78, 5) is 14.8. The van der Waals surface area contributed by atoms with E-state index in [4.69, 9.17) is 5.84 Å². The van der Waals surface area contributed by atoms with E-state index in [0.29, 0.717) is 23.9 Å². The highest BCUT2D eigenvalue weighted by atomic mass is 32.2. The predicted molar refractivity (Wildman–Crippen MR) is 109 cm³/mol. The van der Waals surface area contributed by atoms with Gasteiger partial charge >= 0.3 is 10.0 Å². The van der Waals surface area contributed by atoms with Gasteiger partial charge in [-0.25, -0.2) is 0 Å². The number of nitrogens with one attached hydrogen (secondary N) is 1. The highest BCUT2D eigenvalue weighted by Gasteiger charge is 2.45. The lowest BCUT2D eigenvalue weighted by atomic mass is 9.92. The van der Waals surface area contributed by atoms with E-state index < -0.39 is 14.0 Å². The molecule has 1 aliphatic heterocycles. The number of nitrogens with zero attached hydrogens (tertiary/aromatic N) is 1. The molecular formula is C21H24N3O3S+. The van der Waals surface area contributed by atoms with Crippen LogP contribution in [0.2, 0.25) is 0 Å². The molecule has 1 saturated heterocycles. The molecule has 0 saturated carbocycles. The molecule has 2 aromatic carbocycles. The number of pyridine rings is 1. The van der Waals surface area contributed by atoms with E-state index in [1.54, 1.807) is 24.3 Å². The molecule has 1 fully saturated rings. The van der Waals surface area contributed by atoms with Crippen molar-refractivity contribution in [2.24, 2.45) is 11.8 Å². The number of fused-ring (bicyclic) bond motifs is 1. The molecule has 7 heteroatoms. The van der Waals surface area contributed by atoms with E-state index >= 15 is 0 Å². The fourth-order valence-corrected chi connectivity index (χ4v) is 6.09. The summed E-state index contributed by atoms with van der Waals surface area (Å²) < 4.78 is 26.6. The van der Waals surface area contributed by atoms with Crippen molar-refractivity contribution in [2.75, 3.05) is 13.1 Å². The predicted octanol–water partition coefficient (Wildman–Crippen LogP) is 2.56. The minimum Gasteiger partial charge on any atom is -0.329 e. The van der Waals surface area contributed by atoms with Crippen LogP contribution < -0.4 is 11.4 Å². The van der Waals surface area contributed by atoms with Gasteiger partial charge in [0.2, 0.25) is 0 Å². The number of sulfonamides is 1. The first kappa shape index (κ1) is 18.9. The lowest BCUT2D eigenvalue weighted by Gasteiger charge is -2.38. The van der Waals surface area contributed by atoms with E-state index in [9.17, 15) is 13.2 Å². The molecule has 146 valence electrons. The molecule has 3 aromatic rings. The first-order valence-corrected chi connectivity index (χ1v) is 10.9. The summed E-state index contributed by atoms with van der Waals surface area (Å²) in [6, 6.07) is 16.5. The third kappa shape index (κ3) is 3.26. The van der Waals surface area contributed by atoms with Crippen LogP contribution in [0.3, 0.4) is 0 Å². The normalized spacial score (nSPS) is 23.0. The molecular weight excluding hydrogens is 374 g/mol. The highest BCUT2D eigenvalue weighted by molar-refractivity contribution is 7.86. The molecule has 3 N–H and O–H groups in total. The number of quaternary nitrogens is 1. The number of aromatic amines is 1. The average Bonchev–Trinajstić information content (AvgIpc) is 2.69. The Morgan fingerprint density at radius 2 is 1.82 bits per heavy atom. The van der Waals surface area contributed by atoms with Gasteiger partial charge in [0.25, 0.3) is 5.56 Å². The molecule has 0 bridgehead atoms. The van der Waals surface area contributed by atoms with Crippen LogP contribution in [-0.2, 0) is 16.4 Å². The molecule has 0 spiro atoms. The average molecular weight is 399 g/mol. The molecule has 6 nitrogen and oxygen atoms in total. The van der Waals surface area contributed by atoms with Gasteiger partial charge in [-0.2, -0.15) is 14.3 Å². The Bertz CT molecular complexity index is 1160. The van der Waals surface area contributed by atoms with Gasteiger partial charge in [-0.3, -0.25) is 4.79 Å². The van der Waals surface area contributed by atoms with Gasteiger partial charge in [-0.15, -0.1) is 4.00 Å². The molecule has 0 radical (unpaired) electrons. The minimum atomic E-state index is -3.87. The summed E-state index contributed by atoms with van der Waals surface area (Å²) in [6.07, 6.45) is 3.98. The Kier molecular flexibility index (Phi) is 4.82. The monoisotopic (exact) mass is 398 g/mol. The Hall–Kier alpha value is -2.48. The van der Waals surface area contributed by atoms with Crippen molar-refractivity contribution in [3.8, 4) is 0 Å². The quantitative estimate of drug-likeness (QED) is 0.522. The van der Waals surface area contributed by atoms with Gasteiger partial charge in [-0.05, 0) is 36.6 Å². The maximum Gasteiger partial charge on any atom is 0.345 e. The van der Waals surface area contributed by atoms with Gasteiger partial charge in [0, 0.05) is 29.3 Å². The van der Waals surface area contributed by atoms with Gasteiger partial charge in [0.15, 0.2) is 0 Å². The standard InChI is InChI=1S/C21H23N3O3S/c22-24(13-5-8-17(15-24)14-16-6-2-1-3-7-16)28(26,27)20-10-4-9-19-18(20)11-12-23-21(19)25/h1-4,6-7,9-12,17H,5,8,13-15,22H2/p+1. The van der Waals surface area contributed by atoms with Gasteiger partial charge < -0.3 is 4.98 Å². The summed E-state index contributed by atoms with van der Waals surface area (Å²) >= 11 is 0. The molecule has 2 atom stereocenters. The number of nitrogens with two attached hydrogens (primary N) is 1. The van der Waals surface area contributed by atoms with Crippen LogP contribution >= 0.6 is 0 Å². The molecule has 0 aliphatic carbocycles. The molecule has 4 rings (SSSR count). The minimum absolute atomic E-state index is 0.124. The smallest absolute Gasteiger partial charge is 0.329 e. The van der Waals surface area contributed by atoms with Gasteiger partial charge in [0.1, 0.15) is 18.0 Å². The van der Waals surface area contributed by atoms with E-state index in [1.165, 1.54) is 11.8 Å². The topological polar surface area (TPSA) is 93.0 Å². The first-order valence-electron chi connectivity index (χ1n) is 9.46. The van der Waals surface area contributed by atoms with Gasteiger partial charge in [0.05, 0.1) is 0 Å². The van der Waals surface area contributed by atoms with Crippen molar-refractivity contribution >= 4 is 20.8 Å². The molecule has 1 aliphatic rings. The number of piperidine rings is 1. The van der Waals surface area contributed by atoms with Crippen LogP contribution in [-0.4, -0.2) is 30.5 Å². The molecule has 2 heterocycles. The zero-order chi connectivity index (χ0) is 19.8. The summed E-state index contributed by atoms with van der Waals surface area (Å²) in [6.45, 7) is 0.726. The number of aromatic nitrogens is 1. The van der Waals surface area contributed by atoms with Crippen molar-refractivity contribution in [1.82, 2.24) is 4.98 Å². The Morgan fingerprint density at radius 3 is 2.61 bits per heavy atom.